The molecule has 0 radical (unpaired) electrons. The lowest BCUT2D eigenvalue weighted by Crippen LogP contribution is -2.42. The summed E-state index contributed by atoms with van der Waals surface area (Å²) in [4.78, 5) is 11.7. The number of aliphatic hydroxyl groups excluding tert-OH is 1. The number of carbonyl (C=O) groups excluding carboxylic acids is 1. The summed E-state index contributed by atoms with van der Waals surface area (Å²) in [5, 5.41) is 15.1. The van der Waals surface area contributed by atoms with Gasteiger partial charge in [-0.15, -0.1) is 0 Å². The summed E-state index contributed by atoms with van der Waals surface area (Å²) in [6.07, 6.45) is 4.99. The van der Waals surface area contributed by atoms with Crippen molar-refractivity contribution in [2.24, 2.45) is 5.92 Å². The lowest BCUT2D eigenvalue weighted by Gasteiger charge is -2.17. The predicted octanol–water partition coefficient (Wildman–Crippen LogP) is 0.653. The summed E-state index contributed by atoms with van der Waals surface area (Å²) in [6, 6.07) is 0.0106. The molecule has 0 aliphatic carbocycles. The first-order valence-electron chi connectivity index (χ1n) is 6.39. The number of hydrogen-bond donors (Lipinski definition) is 3. The minimum atomic E-state index is 0.0106. The molecule has 4 heteroatoms. The van der Waals surface area contributed by atoms with Gasteiger partial charge in [-0.2, -0.15) is 0 Å². The van der Waals surface area contributed by atoms with Crippen LogP contribution in [0.25, 0.3) is 0 Å². The van der Waals surface area contributed by atoms with Crippen molar-refractivity contribution < 1.29 is 9.90 Å². The Morgan fingerprint density at radius 3 is 2.94 bits per heavy atom. The minimum Gasteiger partial charge on any atom is -0.396 e. The third-order valence-electron chi connectivity index (χ3n) is 3.18. The van der Waals surface area contributed by atoms with Crippen LogP contribution in [0.3, 0.4) is 0 Å². The van der Waals surface area contributed by atoms with E-state index in [2.05, 4.69) is 17.6 Å². The summed E-state index contributed by atoms with van der Waals surface area (Å²) in [5.41, 5.74) is 0. The van der Waals surface area contributed by atoms with E-state index in [-0.39, 0.29) is 18.6 Å². The van der Waals surface area contributed by atoms with Gasteiger partial charge in [0.05, 0.1) is 6.04 Å². The number of aliphatic hydroxyl groups is 1. The van der Waals surface area contributed by atoms with Crippen molar-refractivity contribution in [1.82, 2.24) is 10.6 Å². The van der Waals surface area contributed by atoms with E-state index in [1.54, 1.807) is 0 Å². The van der Waals surface area contributed by atoms with Crippen LogP contribution in [0.4, 0.5) is 0 Å². The Balaban J connectivity index is 2.21. The fraction of sp³-hybridized carbons (Fsp3) is 0.917. The van der Waals surface area contributed by atoms with Crippen molar-refractivity contribution >= 4 is 5.91 Å². The molecule has 1 aliphatic rings. The quantitative estimate of drug-likeness (QED) is 0.599. The smallest absolute Gasteiger partial charge is 0.237 e. The van der Waals surface area contributed by atoms with Gasteiger partial charge in [-0.3, -0.25) is 4.79 Å². The molecule has 1 saturated heterocycles. The van der Waals surface area contributed by atoms with Gasteiger partial charge < -0.3 is 15.7 Å². The molecule has 1 fully saturated rings. The van der Waals surface area contributed by atoms with Crippen molar-refractivity contribution in [2.75, 3.05) is 19.7 Å². The van der Waals surface area contributed by atoms with Gasteiger partial charge in [0.25, 0.3) is 0 Å². The van der Waals surface area contributed by atoms with Crippen LogP contribution in [0, 0.1) is 5.92 Å². The number of hydrogen-bond acceptors (Lipinski definition) is 3. The van der Waals surface area contributed by atoms with Crippen LogP contribution in [0.2, 0.25) is 0 Å². The van der Waals surface area contributed by atoms with Crippen molar-refractivity contribution in [3.8, 4) is 0 Å². The fourth-order valence-electron chi connectivity index (χ4n) is 2.22. The van der Waals surface area contributed by atoms with Crippen LogP contribution in [-0.2, 0) is 4.79 Å². The number of nitrogens with one attached hydrogen (secondary N) is 2. The van der Waals surface area contributed by atoms with Crippen LogP contribution in [0.1, 0.15) is 39.0 Å². The van der Waals surface area contributed by atoms with Crippen molar-refractivity contribution in [3.05, 3.63) is 0 Å². The normalized spacial score (nSPS) is 22.0. The molecule has 0 aromatic rings. The second kappa shape index (κ2) is 7.63. The molecule has 1 rings (SSSR count). The molecule has 0 aromatic heterocycles. The molecule has 4 nitrogen and oxygen atoms in total. The molecular weight excluding hydrogens is 204 g/mol. The molecule has 94 valence electrons. The monoisotopic (exact) mass is 228 g/mol. The predicted molar refractivity (Wildman–Crippen MR) is 64.1 cm³/mol. The van der Waals surface area contributed by atoms with Gasteiger partial charge in [0.1, 0.15) is 0 Å². The zero-order valence-corrected chi connectivity index (χ0v) is 10.2. The summed E-state index contributed by atoms with van der Waals surface area (Å²) < 4.78 is 0. The van der Waals surface area contributed by atoms with Crippen LogP contribution in [0.15, 0.2) is 0 Å². The van der Waals surface area contributed by atoms with Gasteiger partial charge in [0, 0.05) is 13.2 Å². The molecule has 0 bridgehead atoms. The number of amides is 1. The molecular formula is C12H24N2O2. The lowest BCUT2D eigenvalue weighted by molar-refractivity contribution is -0.123. The van der Waals surface area contributed by atoms with Crippen LogP contribution in [-0.4, -0.2) is 36.8 Å². The molecule has 1 amide bonds. The highest BCUT2D eigenvalue weighted by Gasteiger charge is 2.22. The average molecular weight is 228 g/mol. The summed E-state index contributed by atoms with van der Waals surface area (Å²) in [5.74, 6) is 0.539. The second-order valence-electron chi connectivity index (χ2n) is 4.56. The van der Waals surface area contributed by atoms with Gasteiger partial charge in [-0.1, -0.05) is 13.3 Å². The second-order valence-corrected chi connectivity index (χ2v) is 4.56. The third-order valence-corrected chi connectivity index (χ3v) is 3.18. The summed E-state index contributed by atoms with van der Waals surface area (Å²) in [6.45, 7) is 3.99. The molecule has 2 unspecified atom stereocenters. The Labute approximate surface area is 97.8 Å². The third kappa shape index (κ3) is 4.49. The van der Waals surface area contributed by atoms with E-state index in [9.17, 15) is 4.79 Å². The Morgan fingerprint density at radius 2 is 2.38 bits per heavy atom. The number of rotatable bonds is 7. The molecule has 0 aromatic carbocycles. The van der Waals surface area contributed by atoms with Gasteiger partial charge in [0.2, 0.25) is 5.91 Å². The van der Waals surface area contributed by atoms with Crippen LogP contribution in [0.5, 0.6) is 0 Å². The molecule has 1 heterocycles. The minimum absolute atomic E-state index is 0.0106. The van der Waals surface area contributed by atoms with E-state index < -0.39 is 0 Å². The van der Waals surface area contributed by atoms with E-state index in [4.69, 9.17) is 5.11 Å². The molecule has 2 atom stereocenters. The van der Waals surface area contributed by atoms with Crippen molar-refractivity contribution in [2.45, 2.75) is 45.1 Å². The zero-order chi connectivity index (χ0) is 11.8. The van der Waals surface area contributed by atoms with E-state index in [1.165, 1.54) is 0 Å². The highest BCUT2D eigenvalue weighted by Crippen LogP contribution is 2.10. The first kappa shape index (κ1) is 13.5. The van der Waals surface area contributed by atoms with E-state index >= 15 is 0 Å². The zero-order valence-electron chi connectivity index (χ0n) is 10.2. The Hall–Kier alpha value is -0.610. The Bertz CT molecular complexity index is 197. The molecule has 16 heavy (non-hydrogen) atoms. The SMILES string of the molecule is CCCC(CCO)CNC(=O)C1CCCN1. The van der Waals surface area contributed by atoms with Crippen LogP contribution < -0.4 is 10.6 Å². The summed E-state index contributed by atoms with van der Waals surface area (Å²) >= 11 is 0. The molecule has 0 spiro atoms. The highest BCUT2D eigenvalue weighted by molar-refractivity contribution is 5.81. The molecule has 1 aliphatic heterocycles. The highest BCUT2D eigenvalue weighted by atomic mass is 16.3. The number of carbonyl (C=O) groups is 1. The fourth-order valence-corrected chi connectivity index (χ4v) is 2.22. The van der Waals surface area contributed by atoms with Gasteiger partial charge >= 0.3 is 0 Å². The van der Waals surface area contributed by atoms with Gasteiger partial charge in [0.15, 0.2) is 0 Å². The van der Waals surface area contributed by atoms with Crippen molar-refractivity contribution in [1.29, 1.82) is 0 Å². The van der Waals surface area contributed by atoms with Gasteiger partial charge in [-0.05, 0) is 38.1 Å². The maximum Gasteiger partial charge on any atom is 0.237 e. The van der Waals surface area contributed by atoms with Crippen molar-refractivity contribution in [3.63, 3.8) is 0 Å². The largest absolute Gasteiger partial charge is 0.396 e. The van der Waals surface area contributed by atoms with Gasteiger partial charge in [-0.25, -0.2) is 0 Å². The van der Waals surface area contributed by atoms with E-state index in [0.29, 0.717) is 12.5 Å². The first-order valence-corrected chi connectivity index (χ1v) is 6.39. The standard InChI is InChI=1S/C12H24N2O2/c1-2-4-10(6-8-15)9-14-12(16)11-5-3-7-13-11/h10-11,13,15H,2-9H2,1H3,(H,14,16). The average Bonchev–Trinajstić information content (AvgIpc) is 2.79. The maximum absolute atomic E-state index is 11.7. The topological polar surface area (TPSA) is 61.4 Å². The Morgan fingerprint density at radius 1 is 1.56 bits per heavy atom. The molecule has 3 N–H and O–H groups in total. The Kier molecular flexibility index (Phi) is 6.42. The van der Waals surface area contributed by atoms with E-state index in [1.807, 2.05) is 0 Å². The lowest BCUT2D eigenvalue weighted by atomic mass is 10.00. The van der Waals surface area contributed by atoms with E-state index in [0.717, 1.165) is 38.6 Å². The maximum atomic E-state index is 11.7. The molecule has 0 saturated carbocycles. The van der Waals surface area contributed by atoms with Crippen LogP contribution >= 0.6 is 0 Å². The summed E-state index contributed by atoms with van der Waals surface area (Å²) in [7, 11) is 0. The first-order chi connectivity index (χ1) is 7.77.